The van der Waals surface area contributed by atoms with Crippen molar-refractivity contribution in [3.05, 3.63) is 72.3 Å². The van der Waals surface area contributed by atoms with E-state index in [9.17, 15) is 8.42 Å². The molecule has 0 aliphatic rings. The maximum absolute atomic E-state index is 13.7. The number of ether oxygens (including phenoxy) is 2. The Morgan fingerprint density at radius 2 is 1.52 bits per heavy atom. The van der Waals surface area contributed by atoms with Gasteiger partial charge in [-0.15, -0.1) is 11.3 Å². The van der Waals surface area contributed by atoms with E-state index in [1.54, 1.807) is 32.4 Å². The van der Waals surface area contributed by atoms with E-state index in [2.05, 4.69) is 0 Å². The molecule has 1 heterocycles. The fraction of sp³-hybridized carbons (Fsp3) is 0.130. The van der Waals surface area contributed by atoms with E-state index in [-0.39, 0.29) is 4.90 Å². The zero-order valence-corrected chi connectivity index (χ0v) is 17.9. The number of benzene rings is 3. The molecular weight excluding hydrogens is 404 g/mol. The van der Waals surface area contributed by atoms with Crippen LogP contribution in [0.5, 0.6) is 11.5 Å². The maximum Gasteiger partial charge on any atom is 0.208 e. The second kappa shape index (κ2) is 7.54. The molecule has 4 nitrogen and oxygen atoms in total. The van der Waals surface area contributed by atoms with Gasteiger partial charge in [-0.2, -0.15) is 0 Å². The van der Waals surface area contributed by atoms with Gasteiger partial charge in [-0.3, -0.25) is 0 Å². The highest BCUT2D eigenvalue weighted by atomic mass is 32.2. The second-order valence-corrected chi connectivity index (χ2v) is 9.61. The zero-order valence-electron chi connectivity index (χ0n) is 16.3. The van der Waals surface area contributed by atoms with Crippen molar-refractivity contribution < 1.29 is 17.9 Å². The minimum absolute atomic E-state index is 0.280. The molecule has 148 valence electrons. The third kappa shape index (κ3) is 3.50. The lowest BCUT2D eigenvalue weighted by Crippen LogP contribution is -2.03. The Kier molecular flexibility index (Phi) is 5.06. The molecule has 29 heavy (non-hydrogen) atoms. The van der Waals surface area contributed by atoms with Crippen LogP contribution in [-0.4, -0.2) is 22.6 Å². The fourth-order valence-electron chi connectivity index (χ4n) is 3.24. The number of methoxy groups -OCH3 is 2. The van der Waals surface area contributed by atoms with E-state index in [1.165, 1.54) is 11.3 Å². The van der Waals surface area contributed by atoms with Crippen LogP contribution in [0.15, 0.2) is 76.5 Å². The SMILES string of the molecule is COc1cccc(-c2sc3cc(OC)ccc3c2S(=O)(=O)c2ccc(C)cc2)c1. The Labute approximate surface area is 174 Å². The molecule has 4 aromatic rings. The number of hydrogen-bond acceptors (Lipinski definition) is 5. The van der Waals surface area contributed by atoms with Crippen LogP contribution in [0.25, 0.3) is 20.5 Å². The highest BCUT2D eigenvalue weighted by Crippen LogP contribution is 2.45. The molecule has 0 N–H and O–H groups in total. The first-order valence-corrected chi connectivity index (χ1v) is 11.3. The van der Waals surface area contributed by atoms with Crippen LogP contribution in [0.1, 0.15) is 5.56 Å². The fourth-order valence-corrected chi connectivity index (χ4v) is 6.44. The maximum atomic E-state index is 13.7. The molecule has 0 amide bonds. The highest BCUT2D eigenvalue weighted by molar-refractivity contribution is 7.92. The molecule has 0 saturated heterocycles. The Bertz CT molecular complexity index is 1290. The molecular formula is C23H20O4S2. The minimum Gasteiger partial charge on any atom is -0.497 e. The van der Waals surface area contributed by atoms with E-state index in [0.717, 1.165) is 15.8 Å². The van der Waals surface area contributed by atoms with Crippen molar-refractivity contribution in [1.82, 2.24) is 0 Å². The molecule has 0 bridgehead atoms. The first-order chi connectivity index (χ1) is 13.9. The van der Waals surface area contributed by atoms with E-state index in [0.29, 0.717) is 26.7 Å². The van der Waals surface area contributed by atoms with Gasteiger partial charge in [0.15, 0.2) is 0 Å². The van der Waals surface area contributed by atoms with Gasteiger partial charge in [-0.25, -0.2) is 8.42 Å². The zero-order chi connectivity index (χ0) is 20.6. The van der Waals surface area contributed by atoms with Gasteiger partial charge in [0.05, 0.1) is 28.9 Å². The van der Waals surface area contributed by atoms with Crippen molar-refractivity contribution in [1.29, 1.82) is 0 Å². The van der Waals surface area contributed by atoms with Crippen LogP contribution < -0.4 is 9.47 Å². The summed E-state index contributed by atoms with van der Waals surface area (Å²) in [4.78, 5) is 1.28. The molecule has 0 aliphatic heterocycles. The molecule has 0 aliphatic carbocycles. The second-order valence-electron chi connectivity index (χ2n) is 6.67. The van der Waals surface area contributed by atoms with Crippen molar-refractivity contribution in [3.8, 4) is 21.9 Å². The molecule has 6 heteroatoms. The van der Waals surface area contributed by atoms with Gasteiger partial charge in [-0.1, -0.05) is 29.8 Å². The number of fused-ring (bicyclic) bond motifs is 1. The Hall–Kier alpha value is -2.83. The lowest BCUT2D eigenvalue weighted by atomic mass is 10.1. The lowest BCUT2D eigenvalue weighted by molar-refractivity contribution is 0.415. The molecule has 0 radical (unpaired) electrons. The summed E-state index contributed by atoms with van der Waals surface area (Å²) >= 11 is 1.44. The van der Waals surface area contributed by atoms with E-state index < -0.39 is 9.84 Å². The van der Waals surface area contributed by atoms with Crippen LogP contribution in [0, 0.1) is 6.92 Å². The molecule has 0 spiro atoms. The Morgan fingerprint density at radius 1 is 0.828 bits per heavy atom. The highest BCUT2D eigenvalue weighted by Gasteiger charge is 2.27. The van der Waals surface area contributed by atoms with Crippen molar-refractivity contribution >= 4 is 31.3 Å². The number of rotatable bonds is 5. The van der Waals surface area contributed by atoms with Gasteiger partial charge in [0.2, 0.25) is 9.84 Å². The normalized spacial score (nSPS) is 11.6. The van der Waals surface area contributed by atoms with Gasteiger partial charge in [-0.05, 0) is 55.0 Å². The van der Waals surface area contributed by atoms with Crippen LogP contribution in [-0.2, 0) is 9.84 Å². The Balaban J connectivity index is 2.03. The summed E-state index contributed by atoms with van der Waals surface area (Å²) in [6.07, 6.45) is 0. The summed E-state index contributed by atoms with van der Waals surface area (Å²) in [6.45, 7) is 1.93. The van der Waals surface area contributed by atoms with Crippen molar-refractivity contribution in [3.63, 3.8) is 0 Å². The Morgan fingerprint density at radius 3 is 2.21 bits per heavy atom. The smallest absolute Gasteiger partial charge is 0.208 e. The van der Waals surface area contributed by atoms with E-state index in [4.69, 9.17) is 9.47 Å². The van der Waals surface area contributed by atoms with Gasteiger partial charge in [0, 0.05) is 10.1 Å². The average Bonchev–Trinajstić information content (AvgIpc) is 3.13. The van der Waals surface area contributed by atoms with E-state index >= 15 is 0 Å². The third-order valence-corrected chi connectivity index (χ3v) is 7.97. The van der Waals surface area contributed by atoms with Crippen LogP contribution >= 0.6 is 11.3 Å². The van der Waals surface area contributed by atoms with Crippen LogP contribution in [0.4, 0.5) is 0 Å². The standard InChI is InChI=1S/C23H20O4S2/c1-15-7-10-19(11-8-15)29(24,25)23-20-12-9-18(27-3)14-21(20)28-22(23)16-5-4-6-17(13-16)26-2/h4-14H,1-3H3. The number of aryl methyl sites for hydroxylation is 1. The van der Waals surface area contributed by atoms with Crippen LogP contribution in [0.2, 0.25) is 0 Å². The topological polar surface area (TPSA) is 52.6 Å². The summed E-state index contributed by atoms with van der Waals surface area (Å²) in [5.41, 5.74) is 1.81. The van der Waals surface area contributed by atoms with Gasteiger partial charge < -0.3 is 9.47 Å². The largest absolute Gasteiger partial charge is 0.497 e. The predicted octanol–water partition coefficient (Wildman–Crippen LogP) is 5.73. The summed E-state index contributed by atoms with van der Waals surface area (Å²) in [5.74, 6) is 1.37. The number of hydrogen-bond donors (Lipinski definition) is 0. The van der Waals surface area contributed by atoms with Gasteiger partial charge in [0.25, 0.3) is 0 Å². The first kappa shape index (κ1) is 19.5. The molecule has 1 aromatic heterocycles. The first-order valence-electron chi connectivity index (χ1n) is 9.01. The molecule has 0 fully saturated rings. The van der Waals surface area contributed by atoms with Crippen LogP contribution in [0.3, 0.4) is 0 Å². The molecule has 0 atom stereocenters. The number of sulfone groups is 1. The van der Waals surface area contributed by atoms with Crippen molar-refractivity contribution in [2.45, 2.75) is 16.7 Å². The lowest BCUT2D eigenvalue weighted by Gasteiger charge is -2.09. The van der Waals surface area contributed by atoms with E-state index in [1.807, 2.05) is 55.5 Å². The minimum atomic E-state index is -3.73. The number of thiophene rings is 1. The third-order valence-electron chi connectivity index (χ3n) is 4.78. The van der Waals surface area contributed by atoms with Gasteiger partial charge in [0.1, 0.15) is 11.5 Å². The predicted molar refractivity (Wildman–Crippen MR) is 117 cm³/mol. The summed E-state index contributed by atoms with van der Waals surface area (Å²) < 4.78 is 38.9. The summed E-state index contributed by atoms with van der Waals surface area (Å²) in [6, 6.07) is 19.9. The quantitative estimate of drug-likeness (QED) is 0.411. The molecule has 0 unspecified atom stereocenters. The van der Waals surface area contributed by atoms with Gasteiger partial charge >= 0.3 is 0 Å². The van der Waals surface area contributed by atoms with Crippen molar-refractivity contribution in [2.75, 3.05) is 14.2 Å². The van der Waals surface area contributed by atoms with Crippen molar-refractivity contribution in [2.24, 2.45) is 0 Å². The molecule has 4 rings (SSSR count). The average molecular weight is 425 g/mol. The molecule has 0 saturated carbocycles. The summed E-state index contributed by atoms with van der Waals surface area (Å²) in [7, 11) is -0.533. The summed E-state index contributed by atoms with van der Waals surface area (Å²) in [5, 5.41) is 0.689. The monoisotopic (exact) mass is 424 g/mol. The molecule has 3 aromatic carbocycles.